The number of imidazole rings is 1. The Morgan fingerprint density at radius 3 is 2.68 bits per heavy atom. The second kappa shape index (κ2) is 6.87. The number of nitrogens with zero attached hydrogens (tertiary/aromatic N) is 2. The summed E-state index contributed by atoms with van der Waals surface area (Å²) in [5.74, 6) is 0.212. The van der Waals surface area contributed by atoms with Gasteiger partial charge in [0.25, 0.3) is 0 Å². The van der Waals surface area contributed by atoms with E-state index in [1.165, 1.54) is 11.8 Å². The number of benzene rings is 1. The second-order valence-corrected chi connectivity index (χ2v) is 7.65. The molecule has 0 bridgehead atoms. The van der Waals surface area contributed by atoms with Crippen LogP contribution in [-0.2, 0) is 4.79 Å². The summed E-state index contributed by atoms with van der Waals surface area (Å²) in [6.45, 7) is 3.74. The molecule has 1 saturated heterocycles. The van der Waals surface area contributed by atoms with Crippen LogP contribution in [-0.4, -0.2) is 39.1 Å². The molecule has 1 atom stereocenters. The number of aromatic nitrogens is 2. The lowest BCUT2D eigenvalue weighted by Gasteiger charge is -2.19. The van der Waals surface area contributed by atoms with Crippen molar-refractivity contribution in [2.45, 2.75) is 30.2 Å². The normalized spacial score (nSPS) is 16.0. The van der Waals surface area contributed by atoms with Gasteiger partial charge in [-0.3, -0.25) is 4.79 Å². The third kappa shape index (κ3) is 3.55. The van der Waals surface area contributed by atoms with E-state index in [0.29, 0.717) is 0 Å². The van der Waals surface area contributed by atoms with Crippen LogP contribution in [0.2, 0.25) is 0 Å². The summed E-state index contributed by atoms with van der Waals surface area (Å²) in [6, 6.07) is 8.07. The number of amides is 1. The number of rotatable bonds is 4. The van der Waals surface area contributed by atoms with Gasteiger partial charge in [-0.15, -0.1) is 0 Å². The molecule has 6 heteroatoms. The number of thioether (sulfide) groups is 1. The van der Waals surface area contributed by atoms with Gasteiger partial charge in [0.2, 0.25) is 5.91 Å². The highest BCUT2D eigenvalue weighted by Gasteiger charge is 2.24. The van der Waals surface area contributed by atoms with E-state index < -0.39 is 0 Å². The van der Waals surface area contributed by atoms with Gasteiger partial charge in [-0.25, -0.2) is 4.98 Å². The van der Waals surface area contributed by atoms with Crippen molar-refractivity contribution in [3.63, 3.8) is 0 Å². The van der Waals surface area contributed by atoms with E-state index in [9.17, 15) is 4.79 Å². The van der Waals surface area contributed by atoms with Gasteiger partial charge in [0.1, 0.15) is 0 Å². The Hall–Kier alpha value is -1.27. The van der Waals surface area contributed by atoms with Crippen LogP contribution >= 0.6 is 27.7 Å². The third-order valence-corrected chi connectivity index (χ3v) is 5.28. The number of halogens is 1. The molecule has 1 aliphatic heterocycles. The van der Waals surface area contributed by atoms with Crippen LogP contribution in [0.4, 0.5) is 0 Å². The number of likely N-dealkylation sites (tertiary alicyclic amines) is 1. The standard InChI is InChI=1S/C16H18BrN3OS/c1-11(15(21)20-8-2-3-9-20)22-16-18-10-14(19-16)12-4-6-13(17)7-5-12/h4-7,10-11H,2-3,8-9H2,1H3,(H,18,19). The van der Waals surface area contributed by atoms with Crippen molar-refractivity contribution in [2.75, 3.05) is 13.1 Å². The van der Waals surface area contributed by atoms with Gasteiger partial charge >= 0.3 is 0 Å². The lowest BCUT2D eigenvalue weighted by Crippen LogP contribution is -2.34. The van der Waals surface area contributed by atoms with Gasteiger partial charge < -0.3 is 9.88 Å². The van der Waals surface area contributed by atoms with Gasteiger partial charge in [-0.1, -0.05) is 39.8 Å². The van der Waals surface area contributed by atoms with Crippen molar-refractivity contribution in [1.29, 1.82) is 0 Å². The fourth-order valence-electron chi connectivity index (χ4n) is 2.55. The number of aromatic amines is 1. The minimum absolute atomic E-state index is 0.109. The fourth-order valence-corrected chi connectivity index (χ4v) is 3.68. The summed E-state index contributed by atoms with van der Waals surface area (Å²) < 4.78 is 1.05. The first-order valence-corrected chi connectivity index (χ1v) is 9.07. The minimum Gasteiger partial charge on any atom is -0.342 e. The van der Waals surface area contributed by atoms with Crippen molar-refractivity contribution in [3.05, 3.63) is 34.9 Å². The van der Waals surface area contributed by atoms with Crippen molar-refractivity contribution in [1.82, 2.24) is 14.9 Å². The van der Waals surface area contributed by atoms with Gasteiger partial charge in [0.05, 0.1) is 17.1 Å². The van der Waals surface area contributed by atoms with Crippen molar-refractivity contribution >= 4 is 33.6 Å². The van der Waals surface area contributed by atoms with E-state index in [1.54, 1.807) is 0 Å². The molecule has 1 unspecified atom stereocenters. The van der Waals surface area contributed by atoms with E-state index in [0.717, 1.165) is 46.8 Å². The Bertz CT molecular complexity index is 650. The molecule has 1 aliphatic rings. The van der Waals surface area contributed by atoms with Crippen LogP contribution in [0, 0.1) is 0 Å². The maximum Gasteiger partial charge on any atom is 0.235 e. The lowest BCUT2D eigenvalue weighted by atomic mass is 10.2. The van der Waals surface area contributed by atoms with Crippen LogP contribution in [0.15, 0.2) is 40.1 Å². The molecular formula is C16H18BrN3OS. The lowest BCUT2D eigenvalue weighted by molar-refractivity contribution is -0.129. The SMILES string of the molecule is CC(Sc1ncc(-c2ccc(Br)cc2)[nH]1)C(=O)N1CCCC1. The van der Waals surface area contributed by atoms with E-state index >= 15 is 0 Å². The Morgan fingerprint density at radius 2 is 2.00 bits per heavy atom. The van der Waals surface area contributed by atoms with Gasteiger partial charge in [0.15, 0.2) is 5.16 Å². The van der Waals surface area contributed by atoms with Gasteiger partial charge in [0, 0.05) is 17.6 Å². The third-order valence-electron chi connectivity index (χ3n) is 3.76. The first-order valence-electron chi connectivity index (χ1n) is 7.40. The largest absolute Gasteiger partial charge is 0.342 e. The van der Waals surface area contributed by atoms with Gasteiger partial charge in [-0.05, 0) is 37.5 Å². The molecule has 2 heterocycles. The highest BCUT2D eigenvalue weighted by Crippen LogP contribution is 2.26. The molecule has 2 aromatic rings. The molecule has 0 aliphatic carbocycles. The first kappa shape index (κ1) is 15.6. The molecule has 1 amide bonds. The zero-order valence-corrected chi connectivity index (χ0v) is 14.8. The average Bonchev–Trinajstić information content (AvgIpc) is 3.18. The van der Waals surface area contributed by atoms with Crippen molar-refractivity contribution < 1.29 is 4.79 Å². The Labute approximate surface area is 142 Å². The Morgan fingerprint density at radius 1 is 1.32 bits per heavy atom. The predicted molar refractivity (Wildman–Crippen MR) is 92.9 cm³/mol. The number of hydrogen-bond acceptors (Lipinski definition) is 3. The average molecular weight is 380 g/mol. The number of nitrogens with one attached hydrogen (secondary N) is 1. The van der Waals surface area contributed by atoms with Crippen LogP contribution < -0.4 is 0 Å². The van der Waals surface area contributed by atoms with E-state index in [1.807, 2.05) is 42.3 Å². The summed E-state index contributed by atoms with van der Waals surface area (Å²) >= 11 is 4.92. The van der Waals surface area contributed by atoms with Crippen LogP contribution in [0.1, 0.15) is 19.8 Å². The summed E-state index contributed by atoms with van der Waals surface area (Å²) in [4.78, 5) is 22.0. The molecule has 1 aromatic heterocycles. The van der Waals surface area contributed by atoms with Crippen LogP contribution in [0.25, 0.3) is 11.3 Å². The topological polar surface area (TPSA) is 49.0 Å². The summed E-state index contributed by atoms with van der Waals surface area (Å²) in [5, 5.41) is 0.681. The molecule has 0 radical (unpaired) electrons. The molecular weight excluding hydrogens is 362 g/mol. The minimum atomic E-state index is -0.109. The molecule has 0 spiro atoms. The smallest absolute Gasteiger partial charge is 0.235 e. The Kier molecular flexibility index (Phi) is 4.88. The van der Waals surface area contributed by atoms with E-state index in [4.69, 9.17) is 0 Å². The van der Waals surface area contributed by atoms with E-state index in [-0.39, 0.29) is 11.2 Å². The molecule has 1 aromatic carbocycles. The molecule has 116 valence electrons. The van der Waals surface area contributed by atoms with E-state index in [2.05, 4.69) is 25.9 Å². The molecule has 3 rings (SSSR count). The summed E-state index contributed by atoms with van der Waals surface area (Å²) in [5.41, 5.74) is 2.05. The number of carbonyl (C=O) groups excluding carboxylic acids is 1. The number of H-pyrrole nitrogens is 1. The monoisotopic (exact) mass is 379 g/mol. The molecule has 1 fully saturated rings. The first-order chi connectivity index (χ1) is 10.6. The predicted octanol–water partition coefficient (Wildman–Crippen LogP) is 3.94. The van der Waals surface area contributed by atoms with Crippen molar-refractivity contribution in [3.8, 4) is 11.3 Å². The highest BCUT2D eigenvalue weighted by molar-refractivity contribution is 9.10. The van der Waals surface area contributed by atoms with Crippen molar-refractivity contribution in [2.24, 2.45) is 0 Å². The fraction of sp³-hybridized carbons (Fsp3) is 0.375. The summed E-state index contributed by atoms with van der Waals surface area (Å²) in [6.07, 6.45) is 4.06. The number of carbonyl (C=O) groups is 1. The molecule has 1 N–H and O–H groups in total. The van der Waals surface area contributed by atoms with Crippen LogP contribution in [0.3, 0.4) is 0 Å². The Balaban J connectivity index is 1.66. The summed E-state index contributed by atoms with van der Waals surface area (Å²) in [7, 11) is 0. The maximum atomic E-state index is 12.3. The van der Waals surface area contributed by atoms with Crippen LogP contribution in [0.5, 0.6) is 0 Å². The molecule has 0 saturated carbocycles. The zero-order valence-electron chi connectivity index (χ0n) is 12.4. The number of hydrogen-bond donors (Lipinski definition) is 1. The maximum absolute atomic E-state index is 12.3. The molecule has 4 nitrogen and oxygen atoms in total. The zero-order chi connectivity index (χ0) is 15.5. The highest BCUT2D eigenvalue weighted by atomic mass is 79.9. The van der Waals surface area contributed by atoms with Gasteiger partial charge in [-0.2, -0.15) is 0 Å². The second-order valence-electron chi connectivity index (χ2n) is 5.40. The quantitative estimate of drug-likeness (QED) is 0.818. The molecule has 22 heavy (non-hydrogen) atoms.